The summed E-state index contributed by atoms with van der Waals surface area (Å²) in [4.78, 5) is 17.5. The third-order valence-electron chi connectivity index (χ3n) is 5.77. The molecule has 3 aliphatic heterocycles. The number of H-pyrrole nitrogens is 1. The molecule has 132 valence electrons. The Bertz CT molecular complexity index is 955. The highest BCUT2D eigenvalue weighted by molar-refractivity contribution is 5.94. The number of carbonyl (C=O) groups is 1. The van der Waals surface area contributed by atoms with Crippen LogP contribution in [0, 0.1) is 0 Å². The molecule has 0 atom stereocenters. The largest absolute Gasteiger partial charge is 0.333 e. The molecule has 4 heterocycles. The van der Waals surface area contributed by atoms with Crippen LogP contribution in [0.25, 0.3) is 22.0 Å². The molecule has 1 aromatic heterocycles. The second-order valence-electron chi connectivity index (χ2n) is 7.30. The van der Waals surface area contributed by atoms with Gasteiger partial charge in [-0.2, -0.15) is 5.10 Å². The number of piperidine rings is 1. The fraction of sp³-hybridized carbons (Fsp3) is 0.333. The quantitative estimate of drug-likeness (QED) is 0.775. The Balaban J connectivity index is 1.42. The second-order valence-corrected chi connectivity index (χ2v) is 7.30. The van der Waals surface area contributed by atoms with Gasteiger partial charge in [0, 0.05) is 37.8 Å². The molecule has 6 rings (SSSR count). The van der Waals surface area contributed by atoms with Gasteiger partial charge in [0.15, 0.2) is 5.69 Å². The lowest BCUT2D eigenvalue weighted by molar-refractivity contribution is 0.0679. The Hall–Kier alpha value is -2.66. The van der Waals surface area contributed by atoms with Crippen molar-refractivity contribution in [2.75, 3.05) is 26.2 Å². The van der Waals surface area contributed by atoms with Gasteiger partial charge in [0.1, 0.15) is 0 Å². The van der Waals surface area contributed by atoms with E-state index in [1.54, 1.807) is 0 Å². The monoisotopic (exact) mass is 346 g/mol. The number of benzene rings is 2. The molecule has 0 unspecified atom stereocenters. The molecule has 3 aliphatic rings. The van der Waals surface area contributed by atoms with Gasteiger partial charge < -0.3 is 9.80 Å². The van der Waals surface area contributed by atoms with Crippen LogP contribution in [-0.2, 0) is 0 Å². The number of nitrogens with zero attached hydrogens (tertiary/aromatic N) is 3. The van der Waals surface area contributed by atoms with Gasteiger partial charge in [-0.25, -0.2) is 0 Å². The Morgan fingerprint density at radius 1 is 0.962 bits per heavy atom. The maximum absolute atomic E-state index is 13.0. The van der Waals surface area contributed by atoms with E-state index in [0.29, 0.717) is 11.7 Å². The maximum Gasteiger partial charge on any atom is 0.274 e. The van der Waals surface area contributed by atoms with E-state index in [2.05, 4.69) is 45.4 Å². The number of nitrogens with one attached hydrogen (secondary N) is 1. The number of amides is 1. The summed E-state index contributed by atoms with van der Waals surface area (Å²) in [6, 6.07) is 16.9. The first-order valence-corrected chi connectivity index (χ1v) is 9.36. The minimum Gasteiger partial charge on any atom is -0.333 e. The number of hydrogen-bond acceptors (Lipinski definition) is 3. The third-order valence-corrected chi connectivity index (χ3v) is 5.77. The summed E-state index contributed by atoms with van der Waals surface area (Å²) < 4.78 is 0. The van der Waals surface area contributed by atoms with Crippen molar-refractivity contribution in [3.8, 4) is 11.3 Å². The predicted octanol–water partition coefficient (Wildman–Crippen LogP) is 3.15. The number of hydrogen-bond donors (Lipinski definition) is 1. The maximum atomic E-state index is 13.0. The van der Waals surface area contributed by atoms with E-state index in [4.69, 9.17) is 0 Å². The van der Waals surface area contributed by atoms with E-state index in [0.717, 1.165) is 50.3 Å². The van der Waals surface area contributed by atoms with Gasteiger partial charge in [0.2, 0.25) is 0 Å². The molecule has 1 N–H and O–H groups in total. The molecular formula is C21H22N4O. The zero-order valence-corrected chi connectivity index (χ0v) is 14.7. The minimum atomic E-state index is 0.0574. The summed E-state index contributed by atoms with van der Waals surface area (Å²) >= 11 is 0. The smallest absolute Gasteiger partial charge is 0.274 e. The second kappa shape index (κ2) is 6.25. The van der Waals surface area contributed by atoms with Crippen molar-refractivity contribution in [2.24, 2.45) is 0 Å². The summed E-state index contributed by atoms with van der Waals surface area (Å²) in [5.41, 5.74) is 2.47. The van der Waals surface area contributed by atoms with Gasteiger partial charge >= 0.3 is 0 Å². The molecule has 1 amide bonds. The van der Waals surface area contributed by atoms with Crippen molar-refractivity contribution in [3.05, 3.63) is 54.2 Å². The lowest BCUT2D eigenvalue weighted by atomic mass is 10.0. The van der Waals surface area contributed by atoms with Gasteiger partial charge in [-0.15, -0.1) is 0 Å². The van der Waals surface area contributed by atoms with Crippen molar-refractivity contribution >= 4 is 16.7 Å². The summed E-state index contributed by atoms with van der Waals surface area (Å²) in [6.07, 6.45) is 2.15. The Morgan fingerprint density at radius 2 is 1.77 bits per heavy atom. The van der Waals surface area contributed by atoms with Crippen LogP contribution in [0.1, 0.15) is 23.3 Å². The number of aromatic amines is 1. The first-order chi connectivity index (χ1) is 12.8. The molecule has 5 nitrogen and oxygen atoms in total. The molecule has 0 saturated carbocycles. The van der Waals surface area contributed by atoms with E-state index in [9.17, 15) is 4.79 Å². The molecule has 5 heteroatoms. The van der Waals surface area contributed by atoms with Crippen molar-refractivity contribution < 1.29 is 4.79 Å². The van der Waals surface area contributed by atoms with Crippen LogP contribution >= 0.6 is 0 Å². The van der Waals surface area contributed by atoms with E-state index in [1.807, 2.05) is 23.1 Å². The first-order valence-electron chi connectivity index (χ1n) is 9.36. The average molecular weight is 346 g/mol. The van der Waals surface area contributed by atoms with Gasteiger partial charge in [-0.1, -0.05) is 36.4 Å². The minimum absolute atomic E-state index is 0.0574. The summed E-state index contributed by atoms with van der Waals surface area (Å²) in [5, 5.41) is 9.79. The number of carbonyl (C=O) groups excluding carboxylic acids is 1. The topological polar surface area (TPSA) is 52.2 Å². The van der Waals surface area contributed by atoms with Crippen LogP contribution < -0.4 is 0 Å². The zero-order chi connectivity index (χ0) is 17.5. The Kier molecular flexibility index (Phi) is 3.75. The Morgan fingerprint density at radius 3 is 2.62 bits per heavy atom. The molecule has 3 aromatic rings. The lowest BCUT2D eigenvalue weighted by Gasteiger charge is -2.30. The molecule has 26 heavy (non-hydrogen) atoms. The highest BCUT2D eigenvalue weighted by Gasteiger charge is 2.33. The van der Waals surface area contributed by atoms with Gasteiger partial charge in [0.05, 0.1) is 5.69 Å². The molecule has 0 radical (unpaired) electrons. The summed E-state index contributed by atoms with van der Waals surface area (Å²) in [6.45, 7) is 4.00. The van der Waals surface area contributed by atoms with E-state index in [1.165, 1.54) is 10.8 Å². The lowest BCUT2D eigenvalue weighted by Crippen LogP contribution is -2.41. The van der Waals surface area contributed by atoms with Crippen LogP contribution in [0.2, 0.25) is 0 Å². The van der Waals surface area contributed by atoms with E-state index >= 15 is 0 Å². The van der Waals surface area contributed by atoms with E-state index in [-0.39, 0.29) is 5.91 Å². The van der Waals surface area contributed by atoms with E-state index < -0.39 is 0 Å². The van der Waals surface area contributed by atoms with Crippen molar-refractivity contribution in [1.29, 1.82) is 0 Å². The third kappa shape index (κ3) is 2.69. The standard InChI is InChI=1S/C21H22N4O/c26-21(25-12-11-24-9-7-18(25)8-10-24)20-14-19(22-23-20)17-6-5-15-3-1-2-4-16(15)13-17/h1-6,13-14,18H,7-12H2,(H,22,23). The molecule has 2 bridgehead atoms. The Labute approximate surface area is 152 Å². The van der Waals surface area contributed by atoms with Crippen LogP contribution in [0.4, 0.5) is 0 Å². The van der Waals surface area contributed by atoms with Crippen molar-refractivity contribution in [2.45, 2.75) is 18.9 Å². The molecule has 3 fully saturated rings. The predicted molar refractivity (Wildman–Crippen MR) is 102 cm³/mol. The van der Waals surface area contributed by atoms with Crippen LogP contribution in [0.15, 0.2) is 48.5 Å². The van der Waals surface area contributed by atoms with Crippen LogP contribution in [-0.4, -0.2) is 58.1 Å². The zero-order valence-electron chi connectivity index (χ0n) is 14.7. The normalized spacial score (nSPS) is 22.5. The molecule has 2 aromatic carbocycles. The number of aromatic nitrogens is 2. The summed E-state index contributed by atoms with van der Waals surface area (Å²) in [5.74, 6) is 0.0574. The van der Waals surface area contributed by atoms with Gasteiger partial charge in [0.25, 0.3) is 5.91 Å². The molecule has 0 aliphatic carbocycles. The van der Waals surface area contributed by atoms with Gasteiger partial charge in [-0.05, 0) is 35.7 Å². The fourth-order valence-electron chi connectivity index (χ4n) is 4.24. The molecular weight excluding hydrogens is 324 g/mol. The number of rotatable bonds is 2. The van der Waals surface area contributed by atoms with Crippen molar-refractivity contribution in [1.82, 2.24) is 20.0 Å². The fourth-order valence-corrected chi connectivity index (χ4v) is 4.24. The molecule has 0 spiro atoms. The highest BCUT2D eigenvalue weighted by Crippen LogP contribution is 2.26. The summed E-state index contributed by atoms with van der Waals surface area (Å²) in [7, 11) is 0. The SMILES string of the molecule is O=C(c1cc(-c2ccc3ccccc3c2)[nH]n1)N1CCN2CCC1CC2. The van der Waals surface area contributed by atoms with Gasteiger partial charge in [-0.3, -0.25) is 9.89 Å². The average Bonchev–Trinajstić information content (AvgIpc) is 3.00. The van der Waals surface area contributed by atoms with Crippen LogP contribution in [0.3, 0.4) is 0 Å². The van der Waals surface area contributed by atoms with Crippen molar-refractivity contribution in [3.63, 3.8) is 0 Å². The van der Waals surface area contributed by atoms with Crippen LogP contribution in [0.5, 0.6) is 0 Å². The highest BCUT2D eigenvalue weighted by atomic mass is 16.2. The number of fused-ring (bicyclic) bond motifs is 5. The first kappa shape index (κ1) is 15.6. The molecule has 3 saturated heterocycles.